The SMILES string of the molecule is NCC1(CCCOc2ccccc2)CCCCC1O. The van der Waals surface area contributed by atoms with Gasteiger partial charge in [0.1, 0.15) is 5.75 Å². The van der Waals surface area contributed by atoms with Gasteiger partial charge in [-0.25, -0.2) is 0 Å². The van der Waals surface area contributed by atoms with Gasteiger partial charge in [-0.15, -0.1) is 0 Å². The monoisotopic (exact) mass is 263 g/mol. The molecule has 1 fully saturated rings. The second-order valence-corrected chi connectivity index (χ2v) is 5.59. The number of hydrogen-bond acceptors (Lipinski definition) is 3. The summed E-state index contributed by atoms with van der Waals surface area (Å²) in [4.78, 5) is 0. The number of benzene rings is 1. The molecular formula is C16H25NO2. The number of ether oxygens (including phenoxy) is 1. The van der Waals surface area contributed by atoms with Crippen molar-refractivity contribution >= 4 is 0 Å². The van der Waals surface area contributed by atoms with E-state index in [1.165, 1.54) is 6.42 Å². The first-order chi connectivity index (χ1) is 9.27. The molecule has 0 amide bonds. The number of aliphatic hydroxyl groups excluding tert-OH is 1. The summed E-state index contributed by atoms with van der Waals surface area (Å²) in [5.41, 5.74) is 5.85. The minimum Gasteiger partial charge on any atom is -0.494 e. The number of para-hydroxylation sites is 1. The highest BCUT2D eigenvalue weighted by Gasteiger charge is 2.37. The largest absolute Gasteiger partial charge is 0.494 e. The lowest BCUT2D eigenvalue weighted by Gasteiger charge is -2.41. The van der Waals surface area contributed by atoms with E-state index in [9.17, 15) is 5.11 Å². The third kappa shape index (κ3) is 3.71. The smallest absolute Gasteiger partial charge is 0.119 e. The highest BCUT2D eigenvalue weighted by atomic mass is 16.5. The summed E-state index contributed by atoms with van der Waals surface area (Å²) in [6.45, 7) is 1.28. The predicted octanol–water partition coefficient (Wildman–Crippen LogP) is 2.73. The average Bonchev–Trinajstić information content (AvgIpc) is 2.47. The Labute approximate surface area is 115 Å². The fourth-order valence-corrected chi connectivity index (χ4v) is 3.05. The topological polar surface area (TPSA) is 55.5 Å². The van der Waals surface area contributed by atoms with Gasteiger partial charge in [0.15, 0.2) is 0 Å². The van der Waals surface area contributed by atoms with E-state index >= 15 is 0 Å². The van der Waals surface area contributed by atoms with Crippen LogP contribution in [0, 0.1) is 5.41 Å². The molecule has 1 aromatic rings. The maximum atomic E-state index is 10.2. The van der Waals surface area contributed by atoms with Crippen LogP contribution in [-0.2, 0) is 0 Å². The van der Waals surface area contributed by atoms with Gasteiger partial charge in [0.25, 0.3) is 0 Å². The molecule has 0 saturated heterocycles. The summed E-state index contributed by atoms with van der Waals surface area (Å²) in [6.07, 6.45) is 5.94. The minimum absolute atomic E-state index is 0.0711. The Kier molecular flexibility index (Phi) is 5.23. The summed E-state index contributed by atoms with van der Waals surface area (Å²) in [5.74, 6) is 0.911. The quantitative estimate of drug-likeness (QED) is 0.776. The highest BCUT2D eigenvalue weighted by Crippen LogP contribution is 2.39. The molecule has 3 N–H and O–H groups in total. The molecule has 0 aliphatic heterocycles. The van der Waals surface area contributed by atoms with Gasteiger partial charge in [0.2, 0.25) is 0 Å². The molecule has 3 nitrogen and oxygen atoms in total. The van der Waals surface area contributed by atoms with Gasteiger partial charge in [-0.2, -0.15) is 0 Å². The average molecular weight is 263 g/mol. The zero-order chi connectivity index (χ0) is 13.6. The Morgan fingerprint density at radius 2 is 2.05 bits per heavy atom. The molecule has 2 unspecified atom stereocenters. The molecule has 3 heteroatoms. The van der Waals surface area contributed by atoms with Crippen molar-refractivity contribution in [2.24, 2.45) is 11.1 Å². The van der Waals surface area contributed by atoms with Crippen molar-refractivity contribution in [3.63, 3.8) is 0 Å². The zero-order valence-electron chi connectivity index (χ0n) is 11.6. The van der Waals surface area contributed by atoms with E-state index in [0.29, 0.717) is 13.2 Å². The van der Waals surface area contributed by atoms with Crippen LogP contribution < -0.4 is 10.5 Å². The van der Waals surface area contributed by atoms with Crippen LogP contribution in [-0.4, -0.2) is 24.4 Å². The lowest BCUT2D eigenvalue weighted by molar-refractivity contribution is -0.0148. The van der Waals surface area contributed by atoms with E-state index in [0.717, 1.165) is 37.9 Å². The van der Waals surface area contributed by atoms with Crippen molar-refractivity contribution in [2.75, 3.05) is 13.2 Å². The summed E-state index contributed by atoms with van der Waals surface area (Å²) in [5, 5.41) is 10.2. The van der Waals surface area contributed by atoms with Crippen LogP contribution in [0.25, 0.3) is 0 Å². The molecule has 19 heavy (non-hydrogen) atoms. The molecule has 0 radical (unpaired) electrons. The van der Waals surface area contributed by atoms with Crippen LogP contribution in [0.2, 0.25) is 0 Å². The van der Waals surface area contributed by atoms with Crippen molar-refractivity contribution in [3.8, 4) is 5.75 Å². The van der Waals surface area contributed by atoms with E-state index in [4.69, 9.17) is 10.5 Å². The summed E-state index contributed by atoms with van der Waals surface area (Å²) < 4.78 is 5.70. The molecule has 0 heterocycles. The third-order valence-corrected chi connectivity index (χ3v) is 4.35. The van der Waals surface area contributed by atoms with E-state index in [1.807, 2.05) is 30.3 Å². The van der Waals surface area contributed by atoms with Gasteiger partial charge in [0, 0.05) is 12.0 Å². The predicted molar refractivity (Wildman–Crippen MR) is 77.1 cm³/mol. The molecule has 0 aromatic heterocycles. The van der Waals surface area contributed by atoms with E-state index < -0.39 is 0 Å². The standard InChI is InChI=1S/C16H25NO2/c17-13-16(10-5-4-9-15(16)18)11-6-12-19-14-7-2-1-3-8-14/h1-3,7-8,15,18H,4-6,9-13,17H2. The summed E-state index contributed by atoms with van der Waals surface area (Å²) >= 11 is 0. The lowest BCUT2D eigenvalue weighted by Crippen LogP contribution is -2.44. The molecule has 1 aliphatic carbocycles. The molecule has 2 atom stereocenters. The van der Waals surface area contributed by atoms with Crippen LogP contribution in [0.15, 0.2) is 30.3 Å². The molecule has 106 valence electrons. The van der Waals surface area contributed by atoms with E-state index in [-0.39, 0.29) is 11.5 Å². The van der Waals surface area contributed by atoms with Gasteiger partial charge in [-0.3, -0.25) is 0 Å². The molecule has 1 saturated carbocycles. The minimum atomic E-state index is -0.233. The number of rotatable bonds is 6. The number of nitrogens with two attached hydrogens (primary N) is 1. The Balaban J connectivity index is 1.77. The Bertz CT molecular complexity index is 368. The van der Waals surface area contributed by atoms with Gasteiger partial charge >= 0.3 is 0 Å². The summed E-state index contributed by atoms with van der Waals surface area (Å²) in [6, 6.07) is 9.86. The van der Waals surface area contributed by atoms with Crippen LogP contribution >= 0.6 is 0 Å². The van der Waals surface area contributed by atoms with Crippen LogP contribution in [0.4, 0.5) is 0 Å². The highest BCUT2D eigenvalue weighted by molar-refractivity contribution is 5.20. The fourth-order valence-electron chi connectivity index (χ4n) is 3.05. The normalized spacial score (nSPS) is 27.2. The Morgan fingerprint density at radius 3 is 2.74 bits per heavy atom. The van der Waals surface area contributed by atoms with Gasteiger partial charge in [-0.1, -0.05) is 31.0 Å². The Hall–Kier alpha value is -1.06. The number of aliphatic hydroxyl groups is 1. The first-order valence-electron chi connectivity index (χ1n) is 7.33. The molecule has 0 bridgehead atoms. The first kappa shape index (κ1) is 14.4. The van der Waals surface area contributed by atoms with Crippen LogP contribution in [0.5, 0.6) is 5.75 Å². The maximum Gasteiger partial charge on any atom is 0.119 e. The van der Waals surface area contributed by atoms with Gasteiger partial charge < -0.3 is 15.6 Å². The van der Waals surface area contributed by atoms with Crippen molar-refractivity contribution in [1.29, 1.82) is 0 Å². The molecule has 2 rings (SSSR count). The van der Waals surface area contributed by atoms with Crippen molar-refractivity contribution in [2.45, 2.75) is 44.6 Å². The van der Waals surface area contributed by atoms with Crippen molar-refractivity contribution in [1.82, 2.24) is 0 Å². The van der Waals surface area contributed by atoms with Crippen LogP contribution in [0.1, 0.15) is 38.5 Å². The Morgan fingerprint density at radius 1 is 1.26 bits per heavy atom. The van der Waals surface area contributed by atoms with Gasteiger partial charge in [0.05, 0.1) is 12.7 Å². The summed E-state index contributed by atoms with van der Waals surface area (Å²) in [7, 11) is 0. The zero-order valence-corrected chi connectivity index (χ0v) is 11.6. The van der Waals surface area contributed by atoms with Crippen molar-refractivity contribution in [3.05, 3.63) is 30.3 Å². The maximum absolute atomic E-state index is 10.2. The first-order valence-corrected chi connectivity index (χ1v) is 7.33. The van der Waals surface area contributed by atoms with Crippen LogP contribution in [0.3, 0.4) is 0 Å². The lowest BCUT2D eigenvalue weighted by atomic mass is 9.69. The third-order valence-electron chi connectivity index (χ3n) is 4.35. The molecule has 0 spiro atoms. The van der Waals surface area contributed by atoms with Crippen molar-refractivity contribution < 1.29 is 9.84 Å². The molecule has 1 aliphatic rings. The number of hydrogen-bond donors (Lipinski definition) is 2. The molecule has 1 aromatic carbocycles. The fraction of sp³-hybridized carbons (Fsp3) is 0.625. The van der Waals surface area contributed by atoms with E-state index in [2.05, 4.69) is 0 Å². The molecular weight excluding hydrogens is 238 g/mol. The van der Waals surface area contributed by atoms with E-state index in [1.54, 1.807) is 0 Å². The second kappa shape index (κ2) is 6.92. The second-order valence-electron chi connectivity index (χ2n) is 5.59. The van der Waals surface area contributed by atoms with Gasteiger partial charge in [-0.05, 0) is 37.8 Å².